The van der Waals surface area contributed by atoms with Crippen molar-refractivity contribution in [3.05, 3.63) is 35.9 Å². The SMILES string of the molecule is CCCCCCCCCOC(=O)C(CC(C)C)NC(=O)OCc1ccccc1. The summed E-state index contributed by atoms with van der Waals surface area (Å²) in [7, 11) is 0. The number of esters is 1. The van der Waals surface area contributed by atoms with Crippen LogP contribution in [0.1, 0.15) is 77.7 Å². The lowest BCUT2D eigenvalue weighted by Gasteiger charge is -2.19. The third-order valence-electron chi connectivity index (χ3n) is 4.49. The summed E-state index contributed by atoms with van der Waals surface area (Å²) in [5.74, 6) is -0.123. The van der Waals surface area contributed by atoms with Crippen molar-refractivity contribution in [2.75, 3.05) is 6.61 Å². The number of amides is 1. The first-order valence-corrected chi connectivity index (χ1v) is 10.7. The monoisotopic (exact) mass is 391 g/mol. The lowest BCUT2D eigenvalue weighted by atomic mass is 10.0. The van der Waals surface area contributed by atoms with E-state index in [1.165, 1.54) is 32.1 Å². The number of ether oxygens (including phenoxy) is 2. The highest BCUT2D eigenvalue weighted by atomic mass is 16.6. The van der Waals surface area contributed by atoms with E-state index >= 15 is 0 Å². The van der Waals surface area contributed by atoms with Crippen LogP contribution in [0, 0.1) is 5.92 Å². The van der Waals surface area contributed by atoms with Gasteiger partial charge in [-0.2, -0.15) is 0 Å². The van der Waals surface area contributed by atoms with Gasteiger partial charge < -0.3 is 14.8 Å². The topological polar surface area (TPSA) is 64.6 Å². The maximum atomic E-state index is 12.4. The van der Waals surface area contributed by atoms with Gasteiger partial charge >= 0.3 is 12.1 Å². The number of carbonyl (C=O) groups excluding carboxylic acids is 2. The molecule has 28 heavy (non-hydrogen) atoms. The van der Waals surface area contributed by atoms with E-state index in [1.54, 1.807) is 0 Å². The Balaban J connectivity index is 2.31. The molecule has 0 saturated carbocycles. The minimum absolute atomic E-state index is 0.175. The van der Waals surface area contributed by atoms with E-state index in [0.29, 0.717) is 13.0 Å². The molecule has 0 fully saturated rings. The van der Waals surface area contributed by atoms with E-state index in [4.69, 9.17) is 9.47 Å². The van der Waals surface area contributed by atoms with Gasteiger partial charge in [0, 0.05) is 0 Å². The molecule has 0 bridgehead atoms. The molecule has 0 heterocycles. The van der Waals surface area contributed by atoms with Gasteiger partial charge in [0.2, 0.25) is 0 Å². The van der Waals surface area contributed by atoms with Crippen LogP contribution in [-0.4, -0.2) is 24.7 Å². The fourth-order valence-corrected chi connectivity index (χ4v) is 2.93. The van der Waals surface area contributed by atoms with Gasteiger partial charge in [0.1, 0.15) is 12.6 Å². The third kappa shape index (κ3) is 11.6. The normalized spacial score (nSPS) is 11.9. The molecule has 0 aliphatic carbocycles. The molecule has 1 aromatic carbocycles. The van der Waals surface area contributed by atoms with E-state index in [2.05, 4.69) is 12.2 Å². The van der Waals surface area contributed by atoms with Crippen LogP contribution in [0.5, 0.6) is 0 Å². The van der Waals surface area contributed by atoms with Crippen LogP contribution in [-0.2, 0) is 20.9 Å². The van der Waals surface area contributed by atoms with Crippen LogP contribution in [0.4, 0.5) is 4.79 Å². The van der Waals surface area contributed by atoms with E-state index in [-0.39, 0.29) is 18.5 Å². The number of rotatable bonds is 14. The molecule has 1 unspecified atom stereocenters. The van der Waals surface area contributed by atoms with Gasteiger partial charge in [0.15, 0.2) is 0 Å². The lowest BCUT2D eigenvalue weighted by molar-refractivity contribution is -0.146. The Morgan fingerprint density at radius 2 is 1.57 bits per heavy atom. The Kier molecular flexibility index (Phi) is 12.8. The zero-order chi connectivity index (χ0) is 20.6. The maximum Gasteiger partial charge on any atom is 0.408 e. The predicted octanol–water partition coefficient (Wildman–Crippen LogP) is 5.62. The van der Waals surface area contributed by atoms with Crippen molar-refractivity contribution in [1.82, 2.24) is 5.32 Å². The molecular weight excluding hydrogens is 354 g/mol. The van der Waals surface area contributed by atoms with Crippen molar-refractivity contribution in [2.24, 2.45) is 5.92 Å². The molecule has 5 heteroatoms. The summed E-state index contributed by atoms with van der Waals surface area (Å²) in [5.41, 5.74) is 0.902. The van der Waals surface area contributed by atoms with E-state index in [1.807, 2.05) is 44.2 Å². The van der Waals surface area contributed by atoms with Gasteiger partial charge in [-0.25, -0.2) is 9.59 Å². The lowest BCUT2D eigenvalue weighted by Crippen LogP contribution is -2.43. The summed E-state index contributed by atoms with van der Waals surface area (Å²) in [5, 5.41) is 2.66. The number of benzene rings is 1. The second-order valence-corrected chi connectivity index (χ2v) is 7.68. The molecule has 0 aromatic heterocycles. The molecule has 0 aliphatic heterocycles. The number of hydrogen-bond donors (Lipinski definition) is 1. The first-order chi connectivity index (χ1) is 13.5. The largest absolute Gasteiger partial charge is 0.464 e. The Bertz CT molecular complexity index is 545. The van der Waals surface area contributed by atoms with Gasteiger partial charge in [-0.1, -0.05) is 89.6 Å². The van der Waals surface area contributed by atoms with Crippen molar-refractivity contribution in [2.45, 2.75) is 84.8 Å². The van der Waals surface area contributed by atoms with Crippen molar-refractivity contribution in [3.63, 3.8) is 0 Å². The third-order valence-corrected chi connectivity index (χ3v) is 4.49. The molecule has 0 radical (unpaired) electrons. The maximum absolute atomic E-state index is 12.4. The fourth-order valence-electron chi connectivity index (χ4n) is 2.93. The van der Waals surface area contributed by atoms with Gasteiger partial charge in [0.25, 0.3) is 0 Å². The average molecular weight is 392 g/mol. The molecule has 1 rings (SSSR count). The second-order valence-electron chi connectivity index (χ2n) is 7.68. The van der Waals surface area contributed by atoms with Crippen molar-refractivity contribution < 1.29 is 19.1 Å². The van der Waals surface area contributed by atoms with Gasteiger partial charge in [-0.15, -0.1) is 0 Å². The summed E-state index contributed by atoms with van der Waals surface area (Å²) in [6.45, 7) is 6.80. The summed E-state index contributed by atoms with van der Waals surface area (Å²) < 4.78 is 10.6. The number of alkyl carbamates (subject to hydrolysis) is 1. The first kappa shape index (κ1) is 24.0. The Labute approximate surface area is 170 Å². The molecule has 1 atom stereocenters. The van der Waals surface area contributed by atoms with Crippen LogP contribution in [0.3, 0.4) is 0 Å². The highest BCUT2D eigenvalue weighted by molar-refractivity contribution is 5.81. The standard InChI is InChI=1S/C23H37NO4/c1-4-5-6-7-8-9-13-16-27-22(25)21(17-19(2)3)24-23(26)28-18-20-14-11-10-12-15-20/h10-12,14-15,19,21H,4-9,13,16-18H2,1-3H3,(H,24,26). The molecule has 1 aromatic rings. The minimum atomic E-state index is -0.673. The summed E-state index contributed by atoms with van der Waals surface area (Å²) in [6.07, 6.45) is 8.10. The van der Waals surface area contributed by atoms with Gasteiger partial charge in [-0.05, 0) is 24.3 Å². The molecule has 0 aliphatic rings. The molecule has 5 nitrogen and oxygen atoms in total. The van der Waals surface area contributed by atoms with Crippen molar-refractivity contribution in [3.8, 4) is 0 Å². The van der Waals surface area contributed by atoms with E-state index < -0.39 is 12.1 Å². The smallest absolute Gasteiger partial charge is 0.408 e. The van der Waals surface area contributed by atoms with Crippen molar-refractivity contribution >= 4 is 12.1 Å². The number of hydrogen-bond acceptors (Lipinski definition) is 4. The minimum Gasteiger partial charge on any atom is -0.464 e. The number of carbonyl (C=O) groups is 2. The van der Waals surface area contributed by atoms with Crippen molar-refractivity contribution in [1.29, 1.82) is 0 Å². The number of unbranched alkanes of at least 4 members (excludes halogenated alkanes) is 6. The van der Waals surface area contributed by atoms with Crippen LogP contribution in [0.25, 0.3) is 0 Å². The van der Waals surface area contributed by atoms with Crippen LogP contribution in [0.15, 0.2) is 30.3 Å². The summed E-state index contributed by atoms with van der Waals surface area (Å²) >= 11 is 0. The molecule has 1 amide bonds. The Morgan fingerprint density at radius 1 is 0.929 bits per heavy atom. The summed E-state index contributed by atoms with van der Waals surface area (Å²) in [4.78, 5) is 24.4. The molecule has 1 N–H and O–H groups in total. The first-order valence-electron chi connectivity index (χ1n) is 10.7. The molecule has 0 saturated heterocycles. The molecule has 158 valence electrons. The number of nitrogens with one attached hydrogen (secondary N) is 1. The van der Waals surface area contributed by atoms with E-state index in [0.717, 1.165) is 18.4 Å². The van der Waals surface area contributed by atoms with Crippen LogP contribution >= 0.6 is 0 Å². The zero-order valence-electron chi connectivity index (χ0n) is 17.7. The van der Waals surface area contributed by atoms with Crippen LogP contribution < -0.4 is 5.32 Å². The fraction of sp³-hybridized carbons (Fsp3) is 0.652. The second kappa shape index (κ2) is 14.9. The Hall–Kier alpha value is -2.04. The summed E-state index contributed by atoms with van der Waals surface area (Å²) in [6, 6.07) is 8.78. The predicted molar refractivity (Wildman–Crippen MR) is 112 cm³/mol. The van der Waals surface area contributed by atoms with Gasteiger partial charge in [-0.3, -0.25) is 0 Å². The van der Waals surface area contributed by atoms with Crippen LogP contribution in [0.2, 0.25) is 0 Å². The quantitative estimate of drug-likeness (QED) is 0.330. The van der Waals surface area contributed by atoms with Gasteiger partial charge in [0.05, 0.1) is 6.61 Å². The highest BCUT2D eigenvalue weighted by Crippen LogP contribution is 2.10. The molecular formula is C23H37NO4. The average Bonchev–Trinajstić information content (AvgIpc) is 2.68. The highest BCUT2D eigenvalue weighted by Gasteiger charge is 2.24. The van der Waals surface area contributed by atoms with E-state index in [9.17, 15) is 9.59 Å². The Morgan fingerprint density at radius 3 is 2.21 bits per heavy atom. The zero-order valence-corrected chi connectivity index (χ0v) is 17.7. The molecule has 0 spiro atoms.